The standard InChI is InChI=1S/C19H27N5O2S/c1-4-20-19(22-14-12-17-7-5-6-13-21-17)23-15-16-8-10-18(11-9-16)27(25,26)24(2)3/h5-11,13H,4,12,14-15H2,1-3H3,(H2,20,22,23). The molecule has 0 saturated carbocycles. The van der Waals surface area contributed by atoms with Crippen LogP contribution in [0.3, 0.4) is 0 Å². The number of pyridine rings is 1. The monoisotopic (exact) mass is 389 g/mol. The Balaban J connectivity index is 1.95. The number of rotatable bonds is 8. The van der Waals surface area contributed by atoms with Gasteiger partial charge in [0.1, 0.15) is 0 Å². The van der Waals surface area contributed by atoms with E-state index in [1.165, 1.54) is 18.4 Å². The molecule has 0 radical (unpaired) electrons. The van der Waals surface area contributed by atoms with Crippen molar-refractivity contribution in [2.45, 2.75) is 24.8 Å². The van der Waals surface area contributed by atoms with Gasteiger partial charge in [-0.05, 0) is 36.8 Å². The lowest BCUT2D eigenvalue weighted by molar-refractivity contribution is 0.520. The van der Waals surface area contributed by atoms with E-state index >= 15 is 0 Å². The predicted molar refractivity (Wildman–Crippen MR) is 108 cm³/mol. The smallest absolute Gasteiger partial charge is 0.242 e. The maximum absolute atomic E-state index is 12.1. The Morgan fingerprint density at radius 3 is 2.44 bits per heavy atom. The van der Waals surface area contributed by atoms with Crippen LogP contribution in [0.15, 0.2) is 58.5 Å². The zero-order valence-corrected chi connectivity index (χ0v) is 16.8. The van der Waals surface area contributed by atoms with Crippen LogP contribution in [0.2, 0.25) is 0 Å². The summed E-state index contributed by atoms with van der Waals surface area (Å²) in [7, 11) is -0.364. The predicted octanol–water partition coefficient (Wildman–Crippen LogP) is 1.63. The van der Waals surface area contributed by atoms with E-state index in [1.54, 1.807) is 30.5 Å². The van der Waals surface area contributed by atoms with E-state index in [2.05, 4.69) is 20.6 Å². The number of benzene rings is 1. The van der Waals surface area contributed by atoms with Gasteiger partial charge in [0.05, 0.1) is 11.4 Å². The molecule has 0 spiro atoms. The molecular weight excluding hydrogens is 362 g/mol. The second-order valence-corrected chi connectivity index (χ2v) is 8.28. The van der Waals surface area contributed by atoms with E-state index in [9.17, 15) is 8.42 Å². The lowest BCUT2D eigenvalue weighted by atomic mass is 10.2. The van der Waals surface area contributed by atoms with Crippen molar-refractivity contribution in [1.82, 2.24) is 19.9 Å². The van der Waals surface area contributed by atoms with E-state index in [-0.39, 0.29) is 4.90 Å². The molecule has 1 heterocycles. The van der Waals surface area contributed by atoms with Crippen LogP contribution in [0, 0.1) is 0 Å². The highest BCUT2D eigenvalue weighted by Crippen LogP contribution is 2.14. The highest BCUT2D eigenvalue weighted by atomic mass is 32.2. The zero-order valence-electron chi connectivity index (χ0n) is 16.0. The molecule has 1 aromatic heterocycles. The summed E-state index contributed by atoms with van der Waals surface area (Å²) in [5, 5.41) is 6.49. The molecule has 0 unspecified atom stereocenters. The minimum Gasteiger partial charge on any atom is -0.357 e. The Bertz CT molecular complexity index is 834. The lowest BCUT2D eigenvalue weighted by Gasteiger charge is -2.12. The minimum absolute atomic E-state index is 0.278. The summed E-state index contributed by atoms with van der Waals surface area (Å²) >= 11 is 0. The van der Waals surface area contributed by atoms with E-state index in [0.29, 0.717) is 6.54 Å². The number of nitrogens with zero attached hydrogens (tertiary/aromatic N) is 3. The summed E-state index contributed by atoms with van der Waals surface area (Å²) < 4.78 is 25.4. The third kappa shape index (κ3) is 6.33. The molecular formula is C19H27N5O2S. The molecule has 0 saturated heterocycles. The second kappa shape index (κ2) is 10.0. The van der Waals surface area contributed by atoms with E-state index in [4.69, 9.17) is 0 Å². The van der Waals surface area contributed by atoms with Crippen molar-refractivity contribution < 1.29 is 8.42 Å². The SMILES string of the molecule is CCNC(=NCc1ccc(S(=O)(=O)N(C)C)cc1)NCCc1ccccn1. The number of aliphatic imine (C=N–C) groups is 1. The van der Waals surface area contributed by atoms with Crippen LogP contribution >= 0.6 is 0 Å². The summed E-state index contributed by atoms with van der Waals surface area (Å²) in [6.45, 7) is 3.95. The van der Waals surface area contributed by atoms with Crippen molar-refractivity contribution in [3.8, 4) is 0 Å². The van der Waals surface area contributed by atoms with Gasteiger partial charge in [-0.25, -0.2) is 17.7 Å². The van der Waals surface area contributed by atoms with Gasteiger partial charge < -0.3 is 10.6 Å². The summed E-state index contributed by atoms with van der Waals surface area (Å²) in [6, 6.07) is 12.7. The average Bonchev–Trinajstić information content (AvgIpc) is 2.67. The number of guanidine groups is 1. The highest BCUT2D eigenvalue weighted by molar-refractivity contribution is 7.89. The van der Waals surface area contributed by atoms with E-state index in [0.717, 1.165) is 36.7 Å². The van der Waals surface area contributed by atoms with Crippen LogP contribution in [0.1, 0.15) is 18.2 Å². The van der Waals surface area contributed by atoms with Crippen molar-refractivity contribution >= 4 is 16.0 Å². The first kappa shape index (κ1) is 20.9. The molecule has 2 N–H and O–H groups in total. The minimum atomic E-state index is -3.41. The van der Waals surface area contributed by atoms with Crippen LogP contribution in [-0.4, -0.2) is 50.9 Å². The molecule has 0 aliphatic rings. The molecule has 27 heavy (non-hydrogen) atoms. The normalized spacial score (nSPS) is 12.2. The Labute approximate surface area is 161 Å². The average molecular weight is 390 g/mol. The van der Waals surface area contributed by atoms with E-state index in [1.807, 2.05) is 25.1 Å². The first-order valence-electron chi connectivity index (χ1n) is 8.87. The molecule has 2 aromatic rings. The number of nitrogens with one attached hydrogen (secondary N) is 2. The highest BCUT2D eigenvalue weighted by Gasteiger charge is 2.16. The summed E-state index contributed by atoms with van der Waals surface area (Å²) in [6.07, 6.45) is 2.59. The zero-order chi connectivity index (χ0) is 19.7. The van der Waals surface area contributed by atoms with Gasteiger partial charge in [-0.1, -0.05) is 18.2 Å². The Hall–Kier alpha value is -2.45. The van der Waals surface area contributed by atoms with Crippen molar-refractivity contribution in [3.05, 3.63) is 59.9 Å². The summed E-state index contributed by atoms with van der Waals surface area (Å²) in [4.78, 5) is 9.14. The molecule has 1 aromatic carbocycles. The molecule has 0 aliphatic heterocycles. The fourth-order valence-electron chi connectivity index (χ4n) is 2.34. The molecule has 0 atom stereocenters. The van der Waals surface area contributed by atoms with Crippen LogP contribution < -0.4 is 10.6 Å². The molecule has 0 bridgehead atoms. The Kier molecular flexibility index (Phi) is 7.75. The van der Waals surface area contributed by atoms with Gasteiger partial charge in [-0.3, -0.25) is 4.98 Å². The number of sulfonamides is 1. The molecule has 146 valence electrons. The van der Waals surface area contributed by atoms with Crippen LogP contribution in [-0.2, 0) is 23.0 Å². The van der Waals surface area contributed by atoms with Crippen molar-refractivity contribution in [3.63, 3.8) is 0 Å². The summed E-state index contributed by atoms with van der Waals surface area (Å²) in [5.41, 5.74) is 1.97. The van der Waals surface area contributed by atoms with Crippen molar-refractivity contribution in [2.75, 3.05) is 27.2 Å². The molecule has 8 heteroatoms. The molecule has 0 aliphatic carbocycles. The molecule has 0 amide bonds. The van der Waals surface area contributed by atoms with Gasteiger partial charge >= 0.3 is 0 Å². The van der Waals surface area contributed by atoms with Gasteiger partial charge in [-0.15, -0.1) is 0 Å². The van der Waals surface area contributed by atoms with Crippen LogP contribution in [0.25, 0.3) is 0 Å². The van der Waals surface area contributed by atoms with Gasteiger partial charge in [0, 0.05) is 45.5 Å². The Morgan fingerprint density at radius 1 is 1.11 bits per heavy atom. The largest absolute Gasteiger partial charge is 0.357 e. The van der Waals surface area contributed by atoms with Crippen LogP contribution in [0.4, 0.5) is 0 Å². The number of aromatic nitrogens is 1. The van der Waals surface area contributed by atoms with Gasteiger partial charge in [0.2, 0.25) is 10.0 Å². The first-order chi connectivity index (χ1) is 12.9. The molecule has 0 fully saturated rings. The summed E-state index contributed by atoms with van der Waals surface area (Å²) in [5.74, 6) is 0.721. The third-order valence-corrected chi connectivity index (χ3v) is 5.69. The van der Waals surface area contributed by atoms with Crippen LogP contribution in [0.5, 0.6) is 0 Å². The lowest BCUT2D eigenvalue weighted by Crippen LogP contribution is -2.38. The topological polar surface area (TPSA) is 86.7 Å². The molecule has 7 nitrogen and oxygen atoms in total. The van der Waals surface area contributed by atoms with Gasteiger partial charge in [0.25, 0.3) is 0 Å². The second-order valence-electron chi connectivity index (χ2n) is 6.12. The van der Waals surface area contributed by atoms with Gasteiger partial charge in [-0.2, -0.15) is 0 Å². The van der Waals surface area contributed by atoms with Crippen molar-refractivity contribution in [2.24, 2.45) is 4.99 Å². The van der Waals surface area contributed by atoms with Crippen molar-refractivity contribution in [1.29, 1.82) is 0 Å². The van der Waals surface area contributed by atoms with E-state index < -0.39 is 10.0 Å². The first-order valence-corrected chi connectivity index (χ1v) is 10.3. The third-order valence-electron chi connectivity index (χ3n) is 3.87. The maximum Gasteiger partial charge on any atom is 0.242 e. The number of hydrogen-bond acceptors (Lipinski definition) is 4. The fourth-order valence-corrected chi connectivity index (χ4v) is 3.25. The number of hydrogen-bond donors (Lipinski definition) is 2. The molecule has 2 rings (SSSR count). The fraction of sp³-hybridized carbons (Fsp3) is 0.368. The Morgan fingerprint density at radius 2 is 1.85 bits per heavy atom. The maximum atomic E-state index is 12.1. The quantitative estimate of drug-likeness (QED) is 0.529. The van der Waals surface area contributed by atoms with Gasteiger partial charge in [0.15, 0.2) is 5.96 Å².